The Labute approximate surface area is 216 Å². The second kappa shape index (κ2) is 10.8. The lowest BCUT2D eigenvalue weighted by Gasteiger charge is -2.26. The highest BCUT2D eigenvalue weighted by molar-refractivity contribution is 5.93. The van der Waals surface area contributed by atoms with Gasteiger partial charge in [0.05, 0.1) is 31.6 Å². The summed E-state index contributed by atoms with van der Waals surface area (Å²) in [6, 6.07) is 11.7. The van der Waals surface area contributed by atoms with Gasteiger partial charge in [-0.1, -0.05) is 24.3 Å². The van der Waals surface area contributed by atoms with Gasteiger partial charge in [-0.05, 0) is 29.8 Å². The number of rotatable bonds is 8. The molecule has 0 aliphatic carbocycles. The lowest BCUT2D eigenvalue weighted by Crippen LogP contribution is -2.39. The number of hydrogen-bond acceptors (Lipinski definition) is 7. The molecule has 0 radical (unpaired) electrons. The molecule has 1 amide bonds. The third kappa shape index (κ3) is 5.76. The fourth-order valence-electron chi connectivity index (χ4n) is 4.25. The topological polar surface area (TPSA) is 111 Å². The van der Waals surface area contributed by atoms with Crippen LogP contribution in [0.1, 0.15) is 21.5 Å². The van der Waals surface area contributed by atoms with Crippen molar-refractivity contribution in [3.63, 3.8) is 0 Å². The van der Waals surface area contributed by atoms with Gasteiger partial charge in [0, 0.05) is 37.3 Å². The van der Waals surface area contributed by atoms with Crippen molar-refractivity contribution in [2.24, 2.45) is 5.73 Å². The molecule has 0 atom stereocenters. The van der Waals surface area contributed by atoms with Crippen molar-refractivity contribution in [1.82, 2.24) is 24.4 Å². The summed E-state index contributed by atoms with van der Waals surface area (Å²) >= 11 is 0. The first-order valence-electron chi connectivity index (χ1n) is 12.1. The van der Waals surface area contributed by atoms with Crippen molar-refractivity contribution in [2.45, 2.75) is 12.7 Å². The Bertz CT molecular complexity index is 1410. The maximum absolute atomic E-state index is 13.0. The second-order valence-electron chi connectivity index (χ2n) is 8.96. The molecule has 2 aromatic carbocycles. The lowest BCUT2D eigenvalue weighted by molar-refractivity contribution is -0.137. The minimum atomic E-state index is -4.39. The van der Waals surface area contributed by atoms with Gasteiger partial charge in [0.2, 0.25) is 5.91 Å². The van der Waals surface area contributed by atoms with E-state index in [1.54, 1.807) is 35.2 Å². The average Bonchev–Trinajstić information content (AvgIpc) is 3.32. The predicted molar refractivity (Wildman–Crippen MR) is 136 cm³/mol. The minimum Gasteiger partial charge on any atom is -0.379 e. The number of morpholine rings is 1. The maximum atomic E-state index is 13.0. The normalized spacial score (nSPS) is 14.6. The zero-order valence-corrected chi connectivity index (χ0v) is 20.4. The molecule has 4 aromatic rings. The highest BCUT2D eigenvalue weighted by Crippen LogP contribution is 2.30. The van der Waals surface area contributed by atoms with Crippen molar-refractivity contribution >= 4 is 22.9 Å². The van der Waals surface area contributed by atoms with E-state index < -0.39 is 17.6 Å². The van der Waals surface area contributed by atoms with E-state index in [1.165, 1.54) is 12.1 Å². The fraction of sp³-hybridized carbons (Fsp3) is 0.308. The summed E-state index contributed by atoms with van der Waals surface area (Å²) in [5.41, 5.74) is 7.46. The summed E-state index contributed by atoms with van der Waals surface area (Å²) < 4.78 is 46.1. The number of imidazole rings is 1. The summed E-state index contributed by atoms with van der Waals surface area (Å²) in [7, 11) is 0. The van der Waals surface area contributed by atoms with Crippen LogP contribution < -0.4 is 11.1 Å². The van der Waals surface area contributed by atoms with Crippen LogP contribution in [0.4, 0.5) is 19.0 Å². The molecular weight excluding hydrogens is 499 g/mol. The zero-order chi connectivity index (χ0) is 26.7. The van der Waals surface area contributed by atoms with Gasteiger partial charge in [0.15, 0.2) is 17.3 Å². The van der Waals surface area contributed by atoms with Gasteiger partial charge in [0.25, 0.3) is 0 Å². The maximum Gasteiger partial charge on any atom is 0.416 e. The number of anilines is 1. The molecule has 1 fully saturated rings. The number of nitrogens with zero attached hydrogens (tertiary/aromatic N) is 5. The van der Waals surface area contributed by atoms with Crippen LogP contribution in [0.5, 0.6) is 0 Å². The quantitative estimate of drug-likeness (QED) is 0.363. The smallest absolute Gasteiger partial charge is 0.379 e. The van der Waals surface area contributed by atoms with Crippen molar-refractivity contribution in [3.8, 4) is 11.4 Å². The molecule has 9 nitrogen and oxygen atoms in total. The molecule has 3 N–H and O–H groups in total. The standard InChI is InChI=1S/C26H26F3N7O2/c27-26(28,29)20-7-1-17(2-8-20)15-36-16-32-21-24(31-9-10-35-11-13-38-14-12-35)33-23(34-25(21)36)19-5-3-18(4-6-19)22(30)37/h1-8,16H,9-15H2,(H2,30,37)(H,31,33,34). The van der Waals surface area contributed by atoms with Gasteiger partial charge in [-0.25, -0.2) is 15.0 Å². The number of primary amides is 1. The number of halogens is 3. The van der Waals surface area contributed by atoms with Gasteiger partial charge in [-0.3, -0.25) is 9.69 Å². The van der Waals surface area contributed by atoms with Crippen molar-refractivity contribution in [3.05, 3.63) is 71.5 Å². The zero-order valence-electron chi connectivity index (χ0n) is 20.4. The number of nitrogens with two attached hydrogens (primary N) is 1. The molecule has 198 valence electrons. The molecule has 1 saturated heterocycles. The van der Waals surface area contributed by atoms with Crippen LogP contribution in [0, 0.1) is 0 Å². The number of benzene rings is 2. The molecule has 0 unspecified atom stereocenters. The van der Waals surface area contributed by atoms with E-state index in [2.05, 4.69) is 15.2 Å². The first-order chi connectivity index (χ1) is 18.3. The molecule has 0 spiro atoms. The summed E-state index contributed by atoms with van der Waals surface area (Å²) in [6.07, 6.45) is -2.79. The van der Waals surface area contributed by atoms with Crippen LogP contribution in [0.3, 0.4) is 0 Å². The molecule has 3 heterocycles. The SMILES string of the molecule is NC(=O)c1ccc(-c2nc(NCCN3CCOCC3)c3ncn(Cc4ccc(C(F)(F)F)cc4)c3n2)cc1. The minimum absolute atomic E-state index is 0.277. The highest BCUT2D eigenvalue weighted by Gasteiger charge is 2.30. The van der Waals surface area contributed by atoms with Crippen LogP contribution in [0.25, 0.3) is 22.6 Å². The van der Waals surface area contributed by atoms with E-state index in [9.17, 15) is 18.0 Å². The molecule has 0 bridgehead atoms. The van der Waals surface area contributed by atoms with Crippen LogP contribution in [0.15, 0.2) is 54.9 Å². The van der Waals surface area contributed by atoms with Gasteiger partial charge in [-0.2, -0.15) is 13.2 Å². The molecule has 1 aliphatic heterocycles. The number of aromatic nitrogens is 4. The average molecular weight is 526 g/mol. The van der Waals surface area contributed by atoms with Gasteiger partial charge >= 0.3 is 6.18 Å². The van der Waals surface area contributed by atoms with Crippen LogP contribution in [-0.4, -0.2) is 69.7 Å². The van der Waals surface area contributed by atoms with Gasteiger partial charge in [0.1, 0.15) is 5.52 Å². The van der Waals surface area contributed by atoms with Gasteiger partial charge in [-0.15, -0.1) is 0 Å². The monoisotopic (exact) mass is 525 g/mol. The molecule has 5 rings (SSSR count). The number of carbonyl (C=O) groups is 1. The number of nitrogens with one attached hydrogen (secondary N) is 1. The number of alkyl halides is 3. The van der Waals surface area contributed by atoms with E-state index in [-0.39, 0.29) is 6.54 Å². The van der Waals surface area contributed by atoms with Crippen molar-refractivity contribution < 1.29 is 22.7 Å². The van der Waals surface area contributed by atoms with E-state index in [1.807, 2.05) is 0 Å². The molecule has 12 heteroatoms. The largest absolute Gasteiger partial charge is 0.416 e. The first-order valence-corrected chi connectivity index (χ1v) is 12.1. The van der Waals surface area contributed by atoms with Crippen LogP contribution in [0.2, 0.25) is 0 Å². The van der Waals surface area contributed by atoms with E-state index in [0.717, 1.165) is 31.8 Å². The predicted octanol–water partition coefficient (Wildman–Crippen LogP) is 3.40. The Hall–Kier alpha value is -4.03. The Balaban J connectivity index is 1.46. The Kier molecular flexibility index (Phi) is 7.25. The number of carbonyl (C=O) groups excluding carboxylic acids is 1. The first kappa shape index (κ1) is 25.6. The van der Waals surface area contributed by atoms with E-state index in [4.69, 9.17) is 20.4 Å². The molecule has 38 heavy (non-hydrogen) atoms. The second-order valence-corrected chi connectivity index (χ2v) is 8.96. The molecule has 0 saturated carbocycles. The third-order valence-corrected chi connectivity index (χ3v) is 6.35. The third-order valence-electron chi connectivity index (χ3n) is 6.35. The van der Waals surface area contributed by atoms with E-state index in [0.29, 0.717) is 59.3 Å². The van der Waals surface area contributed by atoms with E-state index >= 15 is 0 Å². The summed E-state index contributed by atoms with van der Waals surface area (Å²) in [5, 5.41) is 3.37. The Morgan fingerprint density at radius 2 is 1.74 bits per heavy atom. The lowest BCUT2D eigenvalue weighted by atomic mass is 10.1. The summed E-state index contributed by atoms with van der Waals surface area (Å²) in [4.78, 5) is 27.7. The Morgan fingerprint density at radius 3 is 2.39 bits per heavy atom. The fourth-order valence-corrected chi connectivity index (χ4v) is 4.25. The molecule has 2 aromatic heterocycles. The molecular formula is C26H26F3N7O2. The number of amides is 1. The summed E-state index contributed by atoms with van der Waals surface area (Å²) in [6.45, 7) is 4.83. The number of hydrogen-bond donors (Lipinski definition) is 2. The summed E-state index contributed by atoms with van der Waals surface area (Å²) in [5.74, 6) is 0.424. The van der Waals surface area contributed by atoms with Crippen LogP contribution in [-0.2, 0) is 17.5 Å². The van der Waals surface area contributed by atoms with Crippen molar-refractivity contribution in [2.75, 3.05) is 44.7 Å². The Morgan fingerprint density at radius 1 is 1.03 bits per heavy atom. The molecule has 1 aliphatic rings. The van der Waals surface area contributed by atoms with Crippen molar-refractivity contribution in [1.29, 1.82) is 0 Å². The van der Waals surface area contributed by atoms with Crippen LogP contribution >= 0.6 is 0 Å². The number of ether oxygens (including phenoxy) is 1. The highest BCUT2D eigenvalue weighted by atomic mass is 19.4. The number of fused-ring (bicyclic) bond motifs is 1. The van der Waals surface area contributed by atoms with Gasteiger partial charge < -0.3 is 20.4 Å².